The summed E-state index contributed by atoms with van der Waals surface area (Å²) < 4.78 is 49.0. The maximum atomic E-state index is 12.4. The van der Waals surface area contributed by atoms with E-state index in [9.17, 15) is 33.9 Å². The number of carboxylic acids is 1. The minimum absolute atomic E-state index is 0.0585. The molecule has 3 aliphatic rings. The van der Waals surface area contributed by atoms with Crippen LogP contribution in [0.1, 0.15) is 34.1 Å². The van der Waals surface area contributed by atoms with Gasteiger partial charge in [-0.25, -0.2) is 4.79 Å². The van der Waals surface area contributed by atoms with Crippen molar-refractivity contribution in [2.24, 2.45) is 11.8 Å². The number of aliphatic carboxylic acids is 1. The molecular formula is C25H32O16. The monoisotopic (exact) mass is 588 g/mol. The van der Waals surface area contributed by atoms with Crippen molar-refractivity contribution in [3.63, 3.8) is 0 Å². The molecule has 9 atom stereocenters. The predicted molar refractivity (Wildman–Crippen MR) is 127 cm³/mol. The molecule has 1 N–H and O–H groups in total. The van der Waals surface area contributed by atoms with Crippen LogP contribution in [0.15, 0.2) is 11.8 Å². The van der Waals surface area contributed by atoms with Crippen molar-refractivity contribution in [2.75, 3.05) is 20.3 Å². The summed E-state index contributed by atoms with van der Waals surface area (Å²) in [5.41, 5.74) is -0.0585. The SMILES string of the molecule is COC(=O)C1=CO[C@@H](O[C@@H]2O[C@H](COC(C)=O)[C@@H](OC(C)=O)[C@H](OC(C)=O)[C@H]2OC(C)=O)[C@H]([C@@H]2CO2)[C@@H]1CC(=O)O. The quantitative estimate of drug-likeness (QED) is 0.185. The van der Waals surface area contributed by atoms with Crippen LogP contribution in [0.3, 0.4) is 0 Å². The topological polar surface area (TPSA) is 209 Å². The molecule has 0 saturated carbocycles. The van der Waals surface area contributed by atoms with Gasteiger partial charge in [-0.1, -0.05) is 0 Å². The number of hydrogen-bond donors (Lipinski definition) is 1. The molecule has 0 aromatic heterocycles. The average molecular weight is 589 g/mol. The van der Waals surface area contributed by atoms with Gasteiger partial charge in [0.1, 0.15) is 12.7 Å². The minimum atomic E-state index is -1.60. The van der Waals surface area contributed by atoms with Crippen LogP contribution in [0.5, 0.6) is 0 Å². The van der Waals surface area contributed by atoms with E-state index in [0.717, 1.165) is 41.1 Å². The fourth-order valence-electron chi connectivity index (χ4n) is 4.73. The number of carbonyl (C=O) groups excluding carboxylic acids is 5. The summed E-state index contributed by atoms with van der Waals surface area (Å²) in [6.07, 6.45) is -8.72. The van der Waals surface area contributed by atoms with Crippen molar-refractivity contribution in [3.8, 4) is 0 Å². The Kier molecular flexibility index (Phi) is 10.6. The Morgan fingerprint density at radius 1 is 0.878 bits per heavy atom. The fourth-order valence-corrected chi connectivity index (χ4v) is 4.73. The second kappa shape index (κ2) is 13.7. The molecule has 2 fully saturated rings. The highest BCUT2D eigenvalue weighted by molar-refractivity contribution is 5.89. The second-order valence-electron chi connectivity index (χ2n) is 9.43. The first-order chi connectivity index (χ1) is 19.3. The standard InChI is InChI=1S/C25H32O16/c1-10(26)34-9-17-20(37-11(2)27)21(38-12(3)28)22(39-13(4)29)25(40-17)41-24-19(16-8-35-16)14(6-18(30)31)15(7-36-24)23(32)33-5/h7,14,16-17,19-22,24-25H,6,8-9H2,1-5H3,(H,30,31)/t14-,16+,17-,19+,20-,21+,22-,24+,25+/m1/s1. The van der Waals surface area contributed by atoms with Crippen LogP contribution < -0.4 is 0 Å². The van der Waals surface area contributed by atoms with Gasteiger partial charge < -0.3 is 47.7 Å². The van der Waals surface area contributed by atoms with Gasteiger partial charge in [-0.15, -0.1) is 0 Å². The number of hydrogen-bond acceptors (Lipinski definition) is 15. The first-order valence-corrected chi connectivity index (χ1v) is 12.6. The summed E-state index contributed by atoms with van der Waals surface area (Å²) in [6.45, 7) is 4.08. The zero-order chi connectivity index (χ0) is 30.4. The molecular weight excluding hydrogens is 556 g/mol. The highest BCUT2D eigenvalue weighted by Crippen LogP contribution is 2.42. The van der Waals surface area contributed by atoms with E-state index in [4.69, 9.17) is 42.6 Å². The normalized spacial score (nSPS) is 32.3. The van der Waals surface area contributed by atoms with Crippen molar-refractivity contribution < 1.29 is 76.5 Å². The number of carbonyl (C=O) groups is 6. The Hall–Kier alpha value is -3.76. The Morgan fingerprint density at radius 3 is 1.98 bits per heavy atom. The highest BCUT2D eigenvalue weighted by atomic mass is 16.8. The van der Waals surface area contributed by atoms with Crippen molar-refractivity contribution in [3.05, 3.63) is 11.8 Å². The number of esters is 5. The van der Waals surface area contributed by atoms with Gasteiger partial charge in [-0.3, -0.25) is 24.0 Å². The number of ether oxygens (including phenoxy) is 9. The average Bonchev–Trinajstić information content (AvgIpc) is 3.70. The van der Waals surface area contributed by atoms with E-state index in [1.54, 1.807) is 0 Å². The van der Waals surface area contributed by atoms with Crippen LogP contribution >= 0.6 is 0 Å². The number of carboxylic acid groups (broad SMARTS) is 1. The van der Waals surface area contributed by atoms with Gasteiger partial charge in [-0.05, 0) is 0 Å². The molecule has 3 rings (SSSR count). The molecule has 0 radical (unpaired) electrons. The molecule has 0 aromatic rings. The molecule has 0 bridgehead atoms. The first kappa shape index (κ1) is 31.8. The van der Waals surface area contributed by atoms with Crippen LogP contribution in [0.25, 0.3) is 0 Å². The van der Waals surface area contributed by atoms with E-state index in [-0.39, 0.29) is 12.2 Å². The van der Waals surface area contributed by atoms with Gasteiger partial charge >= 0.3 is 35.8 Å². The second-order valence-corrected chi connectivity index (χ2v) is 9.43. The van der Waals surface area contributed by atoms with Crippen LogP contribution in [0.2, 0.25) is 0 Å². The van der Waals surface area contributed by atoms with Crippen LogP contribution in [0.4, 0.5) is 0 Å². The van der Waals surface area contributed by atoms with Gasteiger partial charge in [0.15, 0.2) is 18.3 Å². The number of rotatable bonds is 11. The lowest BCUT2D eigenvalue weighted by Crippen LogP contribution is -2.63. The van der Waals surface area contributed by atoms with Crippen LogP contribution in [-0.2, 0) is 71.4 Å². The minimum Gasteiger partial charge on any atom is -0.481 e. The number of epoxide rings is 1. The lowest BCUT2D eigenvalue weighted by molar-refractivity contribution is -0.344. The molecule has 0 unspecified atom stereocenters. The molecule has 0 aromatic carbocycles. The smallest absolute Gasteiger partial charge is 0.337 e. The van der Waals surface area contributed by atoms with Gasteiger partial charge in [0.05, 0.1) is 44.0 Å². The maximum Gasteiger partial charge on any atom is 0.337 e. The Bertz CT molecular complexity index is 1060. The van der Waals surface area contributed by atoms with Gasteiger partial charge in [0, 0.05) is 33.6 Å². The third-order valence-corrected chi connectivity index (χ3v) is 6.33. The fraction of sp³-hybridized carbons (Fsp3) is 0.680. The van der Waals surface area contributed by atoms with E-state index in [1.165, 1.54) is 0 Å². The van der Waals surface area contributed by atoms with Crippen molar-refractivity contribution in [2.45, 2.75) is 77.2 Å². The summed E-state index contributed by atoms with van der Waals surface area (Å²) in [7, 11) is 1.13. The zero-order valence-corrected chi connectivity index (χ0v) is 23.0. The summed E-state index contributed by atoms with van der Waals surface area (Å²) in [5.74, 6) is -7.06. The van der Waals surface area contributed by atoms with Crippen molar-refractivity contribution >= 4 is 35.8 Å². The maximum absolute atomic E-state index is 12.4. The van der Waals surface area contributed by atoms with Crippen molar-refractivity contribution in [1.82, 2.24) is 0 Å². The molecule has 0 spiro atoms. The molecule has 3 heterocycles. The van der Waals surface area contributed by atoms with E-state index < -0.39 is 104 Å². The predicted octanol–water partition coefficient (Wildman–Crippen LogP) is -0.395. The lowest BCUT2D eigenvalue weighted by atomic mass is 9.79. The summed E-state index contributed by atoms with van der Waals surface area (Å²) in [6, 6.07) is 0. The molecule has 0 amide bonds. The third-order valence-electron chi connectivity index (χ3n) is 6.33. The van der Waals surface area contributed by atoms with Gasteiger partial charge in [-0.2, -0.15) is 0 Å². The molecule has 16 nitrogen and oxygen atoms in total. The van der Waals surface area contributed by atoms with Crippen molar-refractivity contribution in [1.29, 1.82) is 0 Å². The summed E-state index contributed by atoms with van der Waals surface area (Å²) in [4.78, 5) is 71.7. The lowest BCUT2D eigenvalue weighted by Gasteiger charge is -2.46. The van der Waals surface area contributed by atoms with E-state index in [0.29, 0.717) is 0 Å². The zero-order valence-electron chi connectivity index (χ0n) is 23.0. The van der Waals surface area contributed by atoms with E-state index >= 15 is 0 Å². The Morgan fingerprint density at radius 2 is 1.46 bits per heavy atom. The highest BCUT2D eigenvalue weighted by Gasteiger charge is 2.56. The molecule has 2 saturated heterocycles. The van der Waals surface area contributed by atoms with E-state index in [1.807, 2.05) is 0 Å². The summed E-state index contributed by atoms with van der Waals surface area (Å²) in [5, 5.41) is 9.55. The first-order valence-electron chi connectivity index (χ1n) is 12.6. The summed E-state index contributed by atoms with van der Waals surface area (Å²) >= 11 is 0. The molecule has 228 valence electrons. The molecule has 41 heavy (non-hydrogen) atoms. The third kappa shape index (κ3) is 8.37. The molecule has 3 aliphatic heterocycles. The Labute approximate surface area is 234 Å². The van der Waals surface area contributed by atoms with Gasteiger partial charge in [0.25, 0.3) is 0 Å². The largest absolute Gasteiger partial charge is 0.481 e. The Balaban J connectivity index is 2.02. The van der Waals surface area contributed by atoms with Gasteiger partial charge in [0.2, 0.25) is 12.6 Å². The van der Waals surface area contributed by atoms with E-state index in [2.05, 4.69) is 0 Å². The van der Waals surface area contributed by atoms with Crippen LogP contribution in [0, 0.1) is 11.8 Å². The molecule has 16 heteroatoms. The molecule has 0 aliphatic carbocycles. The number of methoxy groups -OCH3 is 1. The van der Waals surface area contributed by atoms with Crippen LogP contribution in [-0.4, -0.2) is 104 Å².